The van der Waals surface area contributed by atoms with Gasteiger partial charge in [-0.15, -0.1) is 0 Å². The highest BCUT2D eigenvalue weighted by atomic mass is 31.2. The molecule has 78 heavy (non-hydrogen) atoms. The highest BCUT2D eigenvalue weighted by Gasteiger charge is 2.28. The largest absolute Gasteiger partial charge is 0.472 e. The van der Waals surface area contributed by atoms with Crippen molar-refractivity contribution < 1.29 is 32.9 Å². The average Bonchev–Trinajstić information content (AvgIpc) is 3.41. The zero-order chi connectivity index (χ0) is 57.0. The Morgan fingerprint density at radius 2 is 0.744 bits per heavy atom. The number of unbranched alkanes of at least 4 members (excludes halogenated alkanes) is 44. The number of quaternary nitrogens is 1. The van der Waals surface area contributed by atoms with Crippen molar-refractivity contribution in [3.05, 3.63) is 48.6 Å². The van der Waals surface area contributed by atoms with Gasteiger partial charge in [0.05, 0.1) is 39.9 Å². The van der Waals surface area contributed by atoms with E-state index in [1.165, 1.54) is 270 Å². The molecule has 0 aromatic rings. The fraction of sp³-hybridized carbons (Fsp3) is 0.870. The van der Waals surface area contributed by atoms with Gasteiger partial charge in [-0.1, -0.05) is 313 Å². The van der Waals surface area contributed by atoms with Crippen LogP contribution in [0.5, 0.6) is 0 Å². The highest BCUT2D eigenvalue weighted by molar-refractivity contribution is 7.47. The first-order valence-electron chi connectivity index (χ1n) is 34.0. The number of nitrogens with one attached hydrogen (secondary N) is 1. The van der Waals surface area contributed by atoms with Gasteiger partial charge in [0.2, 0.25) is 5.91 Å². The first kappa shape index (κ1) is 76.5. The van der Waals surface area contributed by atoms with Gasteiger partial charge in [0.1, 0.15) is 13.2 Å². The zero-order valence-corrected chi connectivity index (χ0v) is 53.6. The van der Waals surface area contributed by atoms with Crippen molar-refractivity contribution >= 4 is 13.7 Å². The smallest absolute Gasteiger partial charge is 0.387 e. The molecule has 0 aromatic heterocycles. The molecule has 0 fully saturated rings. The number of phosphoric ester groups is 1. The molecule has 3 atom stereocenters. The normalized spacial score (nSPS) is 14.0. The molecule has 3 N–H and O–H groups in total. The monoisotopic (exact) mass is 1120 g/mol. The number of phosphoric acid groups is 1. The van der Waals surface area contributed by atoms with E-state index in [0.717, 1.165) is 44.9 Å². The SMILES string of the molecule is CCCCCCCCCCCCCCC/C=C\C/C=C\CCCCCCCCCCCCCCCCCCCC(=O)NC(COP(=O)(O)OCC[N+](C)(C)C)C(O)/C=C/CC/C=C/CCCCCCCCCCCCCCC. The Hall–Kier alpha value is -1.54. The lowest BCUT2D eigenvalue weighted by atomic mass is 10.0. The van der Waals surface area contributed by atoms with Gasteiger partial charge in [0.25, 0.3) is 0 Å². The highest BCUT2D eigenvalue weighted by Crippen LogP contribution is 2.43. The molecule has 460 valence electrons. The fourth-order valence-electron chi connectivity index (χ4n) is 10.2. The molecule has 1 amide bonds. The topological polar surface area (TPSA) is 105 Å². The molecular weight excluding hydrogens is 984 g/mol. The van der Waals surface area contributed by atoms with Crippen LogP contribution >= 0.6 is 7.82 Å². The molecule has 0 rings (SSSR count). The van der Waals surface area contributed by atoms with Gasteiger partial charge in [-0.25, -0.2) is 4.57 Å². The van der Waals surface area contributed by atoms with E-state index in [1.54, 1.807) is 6.08 Å². The van der Waals surface area contributed by atoms with Gasteiger partial charge in [0.15, 0.2) is 0 Å². The quantitative estimate of drug-likeness (QED) is 0.0243. The van der Waals surface area contributed by atoms with E-state index in [-0.39, 0.29) is 19.1 Å². The molecule has 0 aromatic carbocycles. The van der Waals surface area contributed by atoms with Gasteiger partial charge in [-0.2, -0.15) is 0 Å². The average molecular weight is 1120 g/mol. The van der Waals surface area contributed by atoms with E-state index in [0.29, 0.717) is 17.4 Å². The van der Waals surface area contributed by atoms with E-state index in [2.05, 4.69) is 55.6 Å². The van der Waals surface area contributed by atoms with E-state index in [9.17, 15) is 19.4 Å². The summed E-state index contributed by atoms with van der Waals surface area (Å²) >= 11 is 0. The molecule has 0 radical (unpaired) electrons. The molecule has 0 aliphatic heterocycles. The Morgan fingerprint density at radius 1 is 0.436 bits per heavy atom. The van der Waals surface area contributed by atoms with Gasteiger partial charge in [-0.05, 0) is 64.2 Å². The summed E-state index contributed by atoms with van der Waals surface area (Å²) < 4.78 is 23.8. The number of nitrogens with zero attached hydrogens (tertiary/aromatic N) is 1. The lowest BCUT2D eigenvalue weighted by molar-refractivity contribution is -0.870. The molecule has 0 aliphatic rings. The number of likely N-dealkylation sites (N-methyl/N-ethyl adjacent to an activating group) is 1. The molecule has 0 saturated carbocycles. The van der Waals surface area contributed by atoms with Crippen LogP contribution in [0.15, 0.2) is 48.6 Å². The maximum Gasteiger partial charge on any atom is 0.472 e. The summed E-state index contributed by atoms with van der Waals surface area (Å²) in [6, 6.07) is -0.864. The van der Waals surface area contributed by atoms with Crippen LogP contribution in [-0.2, 0) is 18.4 Å². The van der Waals surface area contributed by atoms with Gasteiger partial charge >= 0.3 is 7.82 Å². The van der Waals surface area contributed by atoms with Crippen LogP contribution < -0.4 is 5.32 Å². The van der Waals surface area contributed by atoms with Crippen LogP contribution in [0.25, 0.3) is 0 Å². The van der Waals surface area contributed by atoms with Crippen molar-refractivity contribution in [2.24, 2.45) is 0 Å². The maximum absolute atomic E-state index is 13.0. The van der Waals surface area contributed by atoms with Crippen molar-refractivity contribution in [3.8, 4) is 0 Å². The van der Waals surface area contributed by atoms with Crippen molar-refractivity contribution in [1.82, 2.24) is 5.32 Å². The molecule has 0 bridgehead atoms. The lowest BCUT2D eigenvalue weighted by Gasteiger charge is -2.25. The van der Waals surface area contributed by atoms with Crippen LogP contribution in [0.3, 0.4) is 0 Å². The standard InChI is InChI=1S/C69H133N2O6P/c1-6-8-10-12-14-16-18-20-22-24-26-27-28-29-30-31-32-33-34-35-36-37-38-39-40-41-42-43-45-47-49-51-53-55-57-59-61-63-69(73)70-67(66-77-78(74,75)76-65-64-71(3,4)5)68(72)62-60-58-56-54-52-50-48-46-44-25-23-21-19-17-15-13-11-9-7-2/h30-31,33-34,52,54,60,62,67-68,72H,6-29,32,35-51,53,55-59,61,63-66H2,1-5H3,(H-,70,73,74,75)/p+1/b31-30-,34-33-,54-52+,62-60+. The number of aliphatic hydroxyl groups excluding tert-OH is 1. The Labute approximate surface area is 486 Å². The molecule has 0 aliphatic carbocycles. The second-order valence-electron chi connectivity index (χ2n) is 24.5. The Bertz CT molecular complexity index is 1410. The number of rotatable bonds is 63. The number of carbonyl (C=O) groups is 1. The second-order valence-corrected chi connectivity index (χ2v) is 26.0. The van der Waals surface area contributed by atoms with Crippen LogP contribution in [0.1, 0.15) is 335 Å². The van der Waals surface area contributed by atoms with E-state index < -0.39 is 20.0 Å². The van der Waals surface area contributed by atoms with E-state index in [1.807, 2.05) is 27.2 Å². The van der Waals surface area contributed by atoms with Crippen LogP contribution in [0, 0.1) is 0 Å². The zero-order valence-electron chi connectivity index (χ0n) is 52.7. The molecule has 0 saturated heterocycles. The summed E-state index contributed by atoms with van der Waals surface area (Å²) in [5.41, 5.74) is 0. The first-order chi connectivity index (χ1) is 38.0. The molecule has 0 spiro atoms. The summed E-state index contributed by atoms with van der Waals surface area (Å²) in [6.45, 7) is 4.84. The molecule has 9 heteroatoms. The van der Waals surface area contributed by atoms with Gasteiger partial charge < -0.3 is 19.8 Å². The third-order valence-corrected chi connectivity index (χ3v) is 16.5. The van der Waals surface area contributed by atoms with E-state index in [4.69, 9.17) is 9.05 Å². The van der Waals surface area contributed by atoms with Crippen LogP contribution in [-0.4, -0.2) is 73.4 Å². The van der Waals surface area contributed by atoms with Crippen molar-refractivity contribution in [1.29, 1.82) is 0 Å². The van der Waals surface area contributed by atoms with Crippen LogP contribution in [0.2, 0.25) is 0 Å². The number of hydrogen-bond donors (Lipinski definition) is 3. The third kappa shape index (κ3) is 62.1. The predicted molar refractivity (Wildman–Crippen MR) is 341 cm³/mol. The minimum absolute atomic E-state index is 0.0567. The number of aliphatic hydroxyl groups is 1. The maximum atomic E-state index is 13.0. The minimum Gasteiger partial charge on any atom is -0.387 e. The van der Waals surface area contributed by atoms with Crippen molar-refractivity contribution in [2.45, 2.75) is 347 Å². The molecule has 8 nitrogen and oxygen atoms in total. The van der Waals surface area contributed by atoms with Crippen LogP contribution in [0.4, 0.5) is 0 Å². The summed E-state index contributed by atoms with van der Waals surface area (Å²) in [4.78, 5) is 23.4. The first-order valence-corrected chi connectivity index (χ1v) is 35.5. The second kappa shape index (κ2) is 60.1. The molecule has 3 unspecified atom stereocenters. The van der Waals surface area contributed by atoms with Gasteiger partial charge in [0, 0.05) is 6.42 Å². The Kier molecular flexibility index (Phi) is 58.9. The Balaban J connectivity index is 4.01. The third-order valence-electron chi connectivity index (χ3n) is 15.5. The number of hydrogen-bond acceptors (Lipinski definition) is 5. The Morgan fingerprint density at radius 3 is 1.10 bits per heavy atom. The summed E-state index contributed by atoms with van der Waals surface area (Å²) in [7, 11) is 1.56. The predicted octanol–water partition coefficient (Wildman–Crippen LogP) is 21.4. The summed E-state index contributed by atoms with van der Waals surface area (Å²) in [6.07, 6.45) is 81.2. The lowest BCUT2D eigenvalue weighted by Crippen LogP contribution is -2.45. The number of allylic oxidation sites excluding steroid dienone is 7. The number of carbonyl (C=O) groups excluding carboxylic acids is 1. The van der Waals surface area contributed by atoms with Crippen molar-refractivity contribution in [3.63, 3.8) is 0 Å². The van der Waals surface area contributed by atoms with E-state index >= 15 is 0 Å². The van der Waals surface area contributed by atoms with Crippen molar-refractivity contribution in [2.75, 3.05) is 40.9 Å². The minimum atomic E-state index is -4.36. The number of amides is 1. The summed E-state index contributed by atoms with van der Waals surface area (Å²) in [5, 5.41) is 14.0. The summed E-state index contributed by atoms with van der Waals surface area (Å²) in [5.74, 6) is -0.182. The van der Waals surface area contributed by atoms with Gasteiger partial charge in [-0.3, -0.25) is 13.8 Å². The molecule has 0 heterocycles. The fourth-order valence-corrected chi connectivity index (χ4v) is 10.9. The molecular formula is C69H134N2O6P+.